The predicted octanol–water partition coefficient (Wildman–Crippen LogP) is 1.17. The highest BCUT2D eigenvalue weighted by atomic mass is 32.2. The summed E-state index contributed by atoms with van der Waals surface area (Å²) >= 11 is 0. The second-order valence-corrected chi connectivity index (χ2v) is 6.59. The van der Waals surface area contributed by atoms with E-state index in [1.165, 1.54) is 6.20 Å². The molecule has 1 saturated heterocycles. The van der Waals surface area contributed by atoms with Crippen molar-refractivity contribution in [2.24, 2.45) is 0 Å². The highest BCUT2D eigenvalue weighted by Crippen LogP contribution is 2.21. The first-order chi connectivity index (χ1) is 8.40. The monoisotopic (exact) mass is 272 g/mol. The lowest BCUT2D eigenvalue weighted by molar-refractivity contribution is 0.0789. The lowest BCUT2D eigenvalue weighted by Gasteiger charge is -2.38. The van der Waals surface area contributed by atoms with Crippen LogP contribution in [0.3, 0.4) is 0 Å². The van der Waals surface area contributed by atoms with E-state index in [2.05, 4.69) is 14.8 Å². The molecule has 18 heavy (non-hydrogen) atoms. The minimum absolute atomic E-state index is 0.116. The van der Waals surface area contributed by atoms with E-state index in [0.717, 1.165) is 19.3 Å². The summed E-state index contributed by atoms with van der Waals surface area (Å²) in [7, 11) is -3.55. The van der Waals surface area contributed by atoms with E-state index in [1.807, 2.05) is 18.9 Å². The molecule has 0 aliphatic carbocycles. The fourth-order valence-corrected chi connectivity index (χ4v) is 3.53. The molecule has 2 rings (SSSR count). The van der Waals surface area contributed by atoms with Crippen LogP contribution in [-0.4, -0.2) is 35.5 Å². The number of hydrogen-bond acceptors (Lipinski definition) is 4. The summed E-state index contributed by atoms with van der Waals surface area (Å²) in [6.07, 6.45) is 4.50. The van der Waals surface area contributed by atoms with Crippen molar-refractivity contribution in [1.29, 1.82) is 0 Å². The number of rotatable bonds is 3. The Kier molecular flexibility index (Phi) is 3.74. The number of imidazole rings is 1. The standard InChI is InChI=1S/C11H20N4O2S/c1-8-5-4-6-9(2)15(8)14-18(16,17)11-7-12-10(3)13-11/h7-9,14H,4-6H2,1-3H3,(H,12,13). The maximum absolute atomic E-state index is 12.2. The van der Waals surface area contributed by atoms with E-state index in [0.29, 0.717) is 5.82 Å². The molecule has 2 atom stereocenters. The van der Waals surface area contributed by atoms with Crippen LogP contribution in [0, 0.1) is 6.92 Å². The number of sulfonamides is 1. The Labute approximate surface area is 108 Å². The van der Waals surface area contributed by atoms with E-state index in [1.54, 1.807) is 6.92 Å². The van der Waals surface area contributed by atoms with Gasteiger partial charge in [0.25, 0.3) is 10.0 Å². The van der Waals surface area contributed by atoms with Crippen LogP contribution in [0.1, 0.15) is 38.9 Å². The van der Waals surface area contributed by atoms with Crippen LogP contribution in [0.25, 0.3) is 0 Å². The molecule has 1 aromatic heterocycles. The summed E-state index contributed by atoms with van der Waals surface area (Å²) in [5, 5.41) is 1.94. The summed E-state index contributed by atoms with van der Waals surface area (Å²) in [5.74, 6) is 0.593. The summed E-state index contributed by atoms with van der Waals surface area (Å²) in [4.78, 5) is 9.33. The molecule has 1 fully saturated rings. The number of piperidine rings is 1. The first-order valence-electron chi connectivity index (χ1n) is 6.22. The minimum Gasteiger partial charge on any atom is -0.332 e. The second-order valence-electron chi connectivity index (χ2n) is 4.96. The van der Waals surface area contributed by atoms with Gasteiger partial charge in [0, 0.05) is 12.1 Å². The number of aryl methyl sites for hydroxylation is 1. The van der Waals surface area contributed by atoms with Gasteiger partial charge in [0.2, 0.25) is 0 Å². The lowest BCUT2D eigenvalue weighted by Crippen LogP contribution is -2.54. The fourth-order valence-electron chi connectivity index (χ4n) is 2.32. The number of nitrogens with zero attached hydrogens (tertiary/aromatic N) is 2. The average molecular weight is 272 g/mol. The zero-order valence-corrected chi connectivity index (χ0v) is 11.8. The van der Waals surface area contributed by atoms with E-state index < -0.39 is 10.0 Å². The van der Waals surface area contributed by atoms with E-state index in [-0.39, 0.29) is 17.1 Å². The Morgan fingerprint density at radius 2 is 2.00 bits per heavy atom. The molecule has 6 nitrogen and oxygen atoms in total. The quantitative estimate of drug-likeness (QED) is 0.866. The molecule has 2 heterocycles. The Hall–Kier alpha value is -0.920. The molecule has 1 aliphatic heterocycles. The summed E-state index contributed by atoms with van der Waals surface area (Å²) in [6.45, 7) is 5.80. The highest BCUT2D eigenvalue weighted by molar-refractivity contribution is 7.89. The molecule has 0 bridgehead atoms. The molecule has 1 aromatic rings. The smallest absolute Gasteiger partial charge is 0.270 e. The molecule has 1 aliphatic rings. The fraction of sp³-hybridized carbons (Fsp3) is 0.727. The van der Waals surface area contributed by atoms with Gasteiger partial charge in [-0.2, -0.15) is 0 Å². The molecule has 7 heteroatoms. The van der Waals surface area contributed by atoms with Crippen LogP contribution in [-0.2, 0) is 10.0 Å². The van der Waals surface area contributed by atoms with Crippen molar-refractivity contribution in [2.45, 2.75) is 57.1 Å². The SMILES string of the molecule is Cc1ncc(S(=O)(=O)NN2C(C)CCCC2C)[nH]1. The Morgan fingerprint density at radius 1 is 1.39 bits per heavy atom. The number of H-pyrrole nitrogens is 1. The van der Waals surface area contributed by atoms with Gasteiger partial charge in [0.05, 0.1) is 6.20 Å². The third kappa shape index (κ3) is 2.73. The van der Waals surface area contributed by atoms with Crippen LogP contribution in [0.5, 0.6) is 0 Å². The van der Waals surface area contributed by atoms with Gasteiger partial charge >= 0.3 is 0 Å². The van der Waals surface area contributed by atoms with Gasteiger partial charge in [-0.3, -0.25) is 0 Å². The summed E-state index contributed by atoms with van der Waals surface area (Å²) in [5.41, 5.74) is 0. The van der Waals surface area contributed by atoms with Gasteiger partial charge < -0.3 is 4.98 Å². The van der Waals surface area contributed by atoms with E-state index >= 15 is 0 Å². The molecule has 102 valence electrons. The van der Waals surface area contributed by atoms with Crippen LogP contribution in [0.15, 0.2) is 11.2 Å². The molecule has 0 spiro atoms. The second kappa shape index (κ2) is 4.99. The number of hydrogen-bond donors (Lipinski definition) is 2. The van der Waals surface area contributed by atoms with E-state index in [9.17, 15) is 8.42 Å². The van der Waals surface area contributed by atoms with Gasteiger partial charge in [-0.15, -0.1) is 4.83 Å². The molecule has 0 saturated carbocycles. The van der Waals surface area contributed by atoms with Crippen molar-refractivity contribution in [3.63, 3.8) is 0 Å². The van der Waals surface area contributed by atoms with Crippen molar-refractivity contribution in [2.75, 3.05) is 0 Å². The number of aromatic nitrogens is 2. The van der Waals surface area contributed by atoms with Crippen molar-refractivity contribution >= 4 is 10.0 Å². The molecular weight excluding hydrogens is 252 g/mol. The number of nitrogens with one attached hydrogen (secondary N) is 2. The largest absolute Gasteiger partial charge is 0.332 e. The normalized spacial score (nSPS) is 26.4. The van der Waals surface area contributed by atoms with Gasteiger partial charge in [-0.1, -0.05) is 6.42 Å². The molecule has 0 aromatic carbocycles. The van der Waals surface area contributed by atoms with Crippen LogP contribution >= 0.6 is 0 Å². The number of aromatic amines is 1. The van der Waals surface area contributed by atoms with E-state index in [4.69, 9.17) is 0 Å². The molecule has 2 unspecified atom stereocenters. The Balaban J connectivity index is 2.17. The predicted molar refractivity (Wildman–Crippen MR) is 68.3 cm³/mol. The molecule has 2 N–H and O–H groups in total. The lowest BCUT2D eigenvalue weighted by atomic mass is 10.0. The first-order valence-corrected chi connectivity index (χ1v) is 7.71. The molecular formula is C11H20N4O2S. The maximum Gasteiger partial charge on any atom is 0.270 e. The maximum atomic E-state index is 12.2. The van der Waals surface area contributed by atoms with Crippen molar-refractivity contribution in [1.82, 2.24) is 19.8 Å². The van der Waals surface area contributed by atoms with Gasteiger partial charge in [-0.25, -0.2) is 18.4 Å². The zero-order valence-electron chi connectivity index (χ0n) is 11.0. The summed E-state index contributed by atoms with van der Waals surface area (Å²) < 4.78 is 24.4. The molecule has 0 radical (unpaired) electrons. The van der Waals surface area contributed by atoms with Crippen molar-refractivity contribution < 1.29 is 8.42 Å². The third-order valence-corrected chi connectivity index (χ3v) is 4.63. The summed E-state index contributed by atoms with van der Waals surface area (Å²) in [6, 6.07) is 0.431. The first kappa shape index (κ1) is 13.5. The van der Waals surface area contributed by atoms with Crippen molar-refractivity contribution in [3.8, 4) is 0 Å². The highest BCUT2D eigenvalue weighted by Gasteiger charge is 2.29. The third-order valence-electron chi connectivity index (χ3n) is 3.39. The van der Waals surface area contributed by atoms with Gasteiger partial charge in [-0.05, 0) is 33.6 Å². The topological polar surface area (TPSA) is 78.1 Å². The minimum atomic E-state index is -3.55. The number of hydrazine groups is 1. The molecule has 0 amide bonds. The van der Waals surface area contributed by atoms with Crippen LogP contribution in [0.4, 0.5) is 0 Å². The average Bonchev–Trinajstić information content (AvgIpc) is 2.71. The Bertz CT molecular complexity index is 501. The zero-order chi connectivity index (χ0) is 13.3. The van der Waals surface area contributed by atoms with Crippen LogP contribution < -0.4 is 4.83 Å². The van der Waals surface area contributed by atoms with Crippen molar-refractivity contribution in [3.05, 3.63) is 12.0 Å². The van der Waals surface area contributed by atoms with Gasteiger partial charge in [0.1, 0.15) is 5.82 Å². The van der Waals surface area contributed by atoms with Crippen LogP contribution in [0.2, 0.25) is 0 Å². The van der Waals surface area contributed by atoms with Gasteiger partial charge in [0.15, 0.2) is 5.03 Å². The Morgan fingerprint density at radius 3 is 2.50 bits per heavy atom.